The third kappa shape index (κ3) is 3.10. The highest BCUT2D eigenvalue weighted by molar-refractivity contribution is 7.80. The van der Waals surface area contributed by atoms with Crippen LogP contribution in [0.4, 0.5) is 0 Å². The Bertz CT molecular complexity index is 557. The summed E-state index contributed by atoms with van der Waals surface area (Å²) in [4.78, 5) is 15.1. The average molecular weight is 302 g/mol. The lowest BCUT2D eigenvalue weighted by Crippen LogP contribution is -2.44. The van der Waals surface area contributed by atoms with Gasteiger partial charge in [0.1, 0.15) is 4.99 Å². The molecule has 1 saturated heterocycles. The summed E-state index contributed by atoms with van der Waals surface area (Å²) in [5, 5.41) is 0. The number of thiocarbonyl (C=S) groups is 1. The van der Waals surface area contributed by atoms with Gasteiger partial charge in [-0.05, 0) is 36.8 Å². The molecule has 1 aromatic rings. The highest BCUT2D eigenvalue weighted by atomic mass is 32.1. The number of hydrogen-bond acceptors (Lipinski definition) is 2. The van der Waals surface area contributed by atoms with E-state index in [0.717, 1.165) is 31.0 Å². The number of nitrogens with two attached hydrogens (primary N) is 1. The van der Waals surface area contributed by atoms with Crippen LogP contribution in [0, 0.1) is 11.8 Å². The summed E-state index contributed by atoms with van der Waals surface area (Å²) >= 11 is 4.99. The van der Waals surface area contributed by atoms with Crippen LogP contribution in [0.25, 0.3) is 0 Å². The highest BCUT2D eigenvalue weighted by Crippen LogP contribution is 2.36. The van der Waals surface area contributed by atoms with Crippen molar-refractivity contribution in [3.05, 3.63) is 35.4 Å². The first-order chi connectivity index (χ1) is 10.1. The predicted octanol–water partition coefficient (Wildman–Crippen LogP) is 2.97. The zero-order chi connectivity index (χ0) is 14.8. The van der Waals surface area contributed by atoms with Gasteiger partial charge < -0.3 is 10.6 Å². The minimum atomic E-state index is 0.122. The first-order valence-corrected chi connectivity index (χ1v) is 8.25. The van der Waals surface area contributed by atoms with Crippen molar-refractivity contribution in [2.75, 3.05) is 13.1 Å². The maximum atomic E-state index is 12.7. The highest BCUT2D eigenvalue weighted by Gasteiger charge is 2.33. The Hall–Kier alpha value is -1.42. The summed E-state index contributed by atoms with van der Waals surface area (Å²) in [5.74, 6) is 1.66. The molecule has 2 unspecified atom stereocenters. The van der Waals surface area contributed by atoms with Gasteiger partial charge in [-0.2, -0.15) is 0 Å². The van der Waals surface area contributed by atoms with Crippen molar-refractivity contribution in [1.82, 2.24) is 4.90 Å². The maximum absolute atomic E-state index is 12.7. The molecule has 0 radical (unpaired) electrons. The Morgan fingerprint density at radius 2 is 1.86 bits per heavy atom. The van der Waals surface area contributed by atoms with Crippen LogP contribution >= 0.6 is 12.2 Å². The minimum Gasteiger partial charge on any atom is -0.389 e. The summed E-state index contributed by atoms with van der Waals surface area (Å²) in [5.41, 5.74) is 7.13. The topological polar surface area (TPSA) is 46.3 Å². The third-order valence-corrected chi connectivity index (χ3v) is 5.21. The normalized spacial score (nSPS) is 25.2. The van der Waals surface area contributed by atoms with Crippen LogP contribution in [0.2, 0.25) is 0 Å². The van der Waals surface area contributed by atoms with Crippen LogP contribution in [-0.2, 0) is 0 Å². The molecule has 1 amide bonds. The van der Waals surface area contributed by atoms with E-state index < -0.39 is 0 Å². The smallest absolute Gasteiger partial charge is 0.253 e. The van der Waals surface area contributed by atoms with Gasteiger partial charge in [0.05, 0.1) is 0 Å². The van der Waals surface area contributed by atoms with Crippen LogP contribution in [0.5, 0.6) is 0 Å². The molecule has 3 rings (SSSR count). The van der Waals surface area contributed by atoms with Crippen LogP contribution in [-0.4, -0.2) is 28.9 Å². The van der Waals surface area contributed by atoms with Crippen molar-refractivity contribution in [3.63, 3.8) is 0 Å². The van der Waals surface area contributed by atoms with Gasteiger partial charge in [-0.15, -0.1) is 0 Å². The third-order valence-electron chi connectivity index (χ3n) is 4.97. The molecule has 2 fully saturated rings. The van der Waals surface area contributed by atoms with E-state index in [0.29, 0.717) is 16.5 Å². The molecule has 3 nitrogen and oxygen atoms in total. The molecule has 2 N–H and O–H groups in total. The van der Waals surface area contributed by atoms with E-state index in [1.54, 1.807) is 0 Å². The number of carbonyl (C=O) groups excluding carboxylic acids is 1. The van der Waals surface area contributed by atoms with Gasteiger partial charge in [-0.25, -0.2) is 0 Å². The summed E-state index contributed by atoms with van der Waals surface area (Å²) in [6, 6.07) is 7.39. The molecule has 1 aliphatic carbocycles. The number of amides is 1. The number of nitrogens with zero attached hydrogens (tertiary/aromatic N) is 1. The largest absolute Gasteiger partial charge is 0.389 e. The molecule has 0 aromatic heterocycles. The number of likely N-dealkylation sites (tertiary alicyclic amines) is 1. The quantitative estimate of drug-likeness (QED) is 0.854. The van der Waals surface area contributed by atoms with Gasteiger partial charge in [-0.3, -0.25) is 4.79 Å². The van der Waals surface area contributed by atoms with Crippen molar-refractivity contribution < 1.29 is 4.79 Å². The van der Waals surface area contributed by atoms with E-state index >= 15 is 0 Å². The van der Waals surface area contributed by atoms with Crippen LogP contribution in [0.1, 0.15) is 48.0 Å². The fourth-order valence-corrected chi connectivity index (χ4v) is 3.90. The molecular formula is C17H22N2OS. The SMILES string of the molecule is NC(=S)c1cccc(C(=O)N2CCC3CCCCC3C2)c1. The fourth-order valence-electron chi connectivity index (χ4n) is 3.77. The minimum absolute atomic E-state index is 0.122. The average Bonchev–Trinajstić information content (AvgIpc) is 2.53. The Morgan fingerprint density at radius 3 is 2.62 bits per heavy atom. The number of hydrogen-bond donors (Lipinski definition) is 1. The first-order valence-electron chi connectivity index (χ1n) is 7.84. The number of piperidine rings is 1. The zero-order valence-electron chi connectivity index (χ0n) is 12.3. The van der Waals surface area contributed by atoms with Crippen molar-refractivity contribution in [3.8, 4) is 0 Å². The van der Waals surface area contributed by atoms with Gasteiger partial charge in [0.2, 0.25) is 0 Å². The Morgan fingerprint density at radius 1 is 1.14 bits per heavy atom. The standard InChI is InChI=1S/C17H22N2OS/c18-16(21)13-6-3-7-14(10-13)17(20)19-9-8-12-4-1-2-5-15(12)11-19/h3,6-7,10,12,15H,1-2,4-5,8-9,11H2,(H2,18,21). The first kappa shape index (κ1) is 14.5. The Balaban J connectivity index is 1.73. The van der Waals surface area contributed by atoms with Crippen LogP contribution in [0.3, 0.4) is 0 Å². The molecule has 0 spiro atoms. The second-order valence-corrected chi connectivity index (χ2v) is 6.73. The molecule has 2 aliphatic rings. The van der Waals surface area contributed by atoms with Gasteiger partial charge in [0.15, 0.2) is 0 Å². The lowest BCUT2D eigenvalue weighted by molar-refractivity contribution is 0.0521. The molecule has 1 aliphatic heterocycles. The van der Waals surface area contributed by atoms with E-state index in [9.17, 15) is 4.79 Å². The molecule has 1 saturated carbocycles. The lowest BCUT2D eigenvalue weighted by Gasteiger charge is -2.41. The van der Waals surface area contributed by atoms with Crippen molar-refractivity contribution in [1.29, 1.82) is 0 Å². The van der Waals surface area contributed by atoms with E-state index in [1.165, 1.54) is 25.7 Å². The number of rotatable bonds is 2. The molecule has 4 heteroatoms. The number of benzene rings is 1. The van der Waals surface area contributed by atoms with E-state index in [4.69, 9.17) is 18.0 Å². The van der Waals surface area contributed by atoms with Crippen molar-refractivity contribution in [2.24, 2.45) is 17.6 Å². The molecular weight excluding hydrogens is 280 g/mol. The van der Waals surface area contributed by atoms with E-state index in [-0.39, 0.29) is 5.91 Å². The van der Waals surface area contributed by atoms with Crippen LogP contribution < -0.4 is 5.73 Å². The lowest BCUT2D eigenvalue weighted by atomic mass is 9.75. The summed E-state index contributed by atoms with van der Waals surface area (Å²) < 4.78 is 0. The van der Waals surface area contributed by atoms with E-state index in [1.807, 2.05) is 29.2 Å². The summed E-state index contributed by atoms with van der Waals surface area (Å²) in [6.45, 7) is 1.80. The van der Waals surface area contributed by atoms with Gasteiger partial charge in [-0.1, -0.05) is 43.6 Å². The molecule has 0 bridgehead atoms. The molecule has 112 valence electrons. The van der Waals surface area contributed by atoms with Gasteiger partial charge in [0, 0.05) is 24.2 Å². The predicted molar refractivity (Wildman–Crippen MR) is 88.3 cm³/mol. The number of carbonyl (C=O) groups is 1. The second kappa shape index (κ2) is 6.14. The van der Waals surface area contributed by atoms with Crippen molar-refractivity contribution >= 4 is 23.1 Å². The fraction of sp³-hybridized carbons (Fsp3) is 0.529. The summed E-state index contributed by atoms with van der Waals surface area (Å²) in [6.07, 6.45) is 6.47. The Labute approximate surface area is 131 Å². The van der Waals surface area contributed by atoms with Gasteiger partial charge >= 0.3 is 0 Å². The Kier molecular flexibility index (Phi) is 4.24. The van der Waals surface area contributed by atoms with E-state index in [2.05, 4.69) is 0 Å². The zero-order valence-corrected chi connectivity index (χ0v) is 13.1. The summed E-state index contributed by atoms with van der Waals surface area (Å²) in [7, 11) is 0. The van der Waals surface area contributed by atoms with Crippen LogP contribution in [0.15, 0.2) is 24.3 Å². The maximum Gasteiger partial charge on any atom is 0.253 e. The monoisotopic (exact) mass is 302 g/mol. The molecule has 2 atom stereocenters. The molecule has 1 aromatic carbocycles. The van der Waals surface area contributed by atoms with Crippen molar-refractivity contribution in [2.45, 2.75) is 32.1 Å². The van der Waals surface area contributed by atoms with Gasteiger partial charge in [0.25, 0.3) is 5.91 Å². The molecule has 1 heterocycles. The second-order valence-electron chi connectivity index (χ2n) is 6.29. The number of fused-ring (bicyclic) bond motifs is 1. The molecule has 21 heavy (non-hydrogen) atoms.